The number of nitrogens with one attached hydrogen (secondary N) is 1. The van der Waals surface area contributed by atoms with Crippen molar-refractivity contribution in [3.63, 3.8) is 0 Å². The molecule has 2 aromatic carbocycles. The Balaban J connectivity index is 1.44. The lowest BCUT2D eigenvalue weighted by molar-refractivity contribution is -0.125. The highest BCUT2D eigenvalue weighted by Crippen LogP contribution is 2.20. The summed E-state index contributed by atoms with van der Waals surface area (Å²) in [4.78, 5) is 14.8. The molecule has 0 aliphatic carbocycles. The van der Waals surface area contributed by atoms with Crippen LogP contribution in [-0.4, -0.2) is 36.5 Å². The lowest BCUT2D eigenvalue weighted by atomic mass is 10.1. The number of ether oxygens (including phenoxy) is 1. The molecule has 132 valence electrons. The molecule has 1 amide bonds. The van der Waals surface area contributed by atoms with Crippen molar-refractivity contribution in [3.05, 3.63) is 64.6 Å². The molecule has 0 spiro atoms. The molecule has 1 fully saturated rings. The van der Waals surface area contributed by atoms with Crippen molar-refractivity contribution in [1.29, 1.82) is 0 Å². The molecule has 3 rings (SSSR count). The number of hydrogen-bond donors (Lipinski definition) is 1. The van der Waals surface area contributed by atoms with E-state index in [0.29, 0.717) is 13.2 Å². The number of benzene rings is 2. The highest BCUT2D eigenvalue weighted by atomic mass is 79.9. The predicted molar refractivity (Wildman–Crippen MR) is 103 cm³/mol. The van der Waals surface area contributed by atoms with Gasteiger partial charge in [0.1, 0.15) is 12.4 Å². The summed E-state index contributed by atoms with van der Waals surface area (Å²) in [5, 5.41) is 3.01. The summed E-state index contributed by atoms with van der Waals surface area (Å²) in [7, 11) is 0. The number of amides is 1. The predicted octanol–water partition coefficient (Wildman–Crippen LogP) is 3.61. The standard InChI is InChI=1S/C20H23BrN2O2/c21-17-8-4-9-18(14-17)25-13-11-22-20(24)19-10-5-12-23(19)15-16-6-2-1-3-7-16/h1-4,6-9,14,19H,5,10-13,15H2,(H,22,24). The van der Waals surface area contributed by atoms with E-state index in [1.807, 2.05) is 42.5 Å². The Morgan fingerprint density at radius 1 is 1.20 bits per heavy atom. The first-order valence-electron chi connectivity index (χ1n) is 8.66. The van der Waals surface area contributed by atoms with Gasteiger partial charge in [-0.3, -0.25) is 9.69 Å². The average molecular weight is 403 g/mol. The molecule has 0 aromatic heterocycles. The molecule has 1 aliphatic heterocycles. The number of hydrogen-bond acceptors (Lipinski definition) is 3. The molecular weight excluding hydrogens is 380 g/mol. The normalized spacial score (nSPS) is 17.4. The minimum Gasteiger partial charge on any atom is -0.492 e. The number of rotatable bonds is 7. The molecule has 2 aromatic rings. The van der Waals surface area contributed by atoms with Crippen LogP contribution in [0, 0.1) is 0 Å². The van der Waals surface area contributed by atoms with Crippen LogP contribution in [0.3, 0.4) is 0 Å². The molecule has 1 N–H and O–H groups in total. The van der Waals surface area contributed by atoms with Crippen molar-refractivity contribution in [3.8, 4) is 5.75 Å². The van der Waals surface area contributed by atoms with Gasteiger partial charge in [0.25, 0.3) is 0 Å². The number of likely N-dealkylation sites (tertiary alicyclic amines) is 1. The molecule has 5 heteroatoms. The topological polar surface area (TPSA) is 41.6 Å². The van der Waals surface area contributed by atoms with Gasteiger partial charge in [-0.2, -0.15) is 0 Å². The SMILES string of the molecule is O=C(NCCOc1cccc(Br)c1)C1CCCN1Cc1ccccc1. The Morgan fingerprint density at radius 2 is 2.04 bits per heavy atom. The largest absolute Gasteiger partial charge is 0.492 e. The molecule has 1 unspecified atom stereocenters. The summed E-state index contributed by atoms with van der Waals surface area (Å²) < 4.78 is 6.65. The fourth-order valence-electron chi connectivity index (χ4n) is 3.15. The molecule has 1 atom stereocenters. The minimum atomic E-state index is -0.0360. The molecule has 0 radical (unpaired) electrons. The number of carbonyl (C=O) groups excluding carboxylic acids is 1. The molecule has 25 heavy (non-hydrogen) atoms. The van der Waals surface area contributed by atoms with Crippen LogP contribution in [0.2, 0.25) is 0 Å². The van der Waals surface area contributed by atoms with E-state index in [-0.39, 0.29) is 11.9 Å². The van der Waals surface area contributed by atoms with Crippen LogP contribution in [0.25, 0.3) is 0 Å². The van der Waals surface area contributed by atoms with E-state index < -0.39 is 0 Å². The highest BCUT2D eigenvalue weighted by Gasteiger charge is 2.30. The zero-order chi connectivity index (χ0) is 17.5. The summed E-state index contributed by atoms with van der Waals surface area (Å²) in [5.74, 6) is 0.904. The number of carbonyl (C=O) groups is 1. The van der Waals surface area contributed by atoms with E-state index in [2.05, 4.69) is 38.3 Å². The van der Waals surface area contributed by atoms with Gasteiger partial charge >= 0.3 is 0 Å². The van der Waals surface area contributed by atoms with Gasteiger partial charge in [-0.05, 0) is 43.1 Å². The van der Waals surface area contributed by atoms with E-state index in [4.69, 9.17) is 4.74 Å². The summed E-state index contributed by atoms with van der Waals surface area (Å²) in [6.45, 7) is 2.78. The zero-order valence-electron chi connectivity index (χ0n) is 14.2. The first kappa shape index (κ1) is 18.0. The van der Waals surface area contributed by atoms with Gasteiger partial charge in [0.15, 0.2) is 0 Å². The maximum atomic E-state index is 12.5. The fraction of sp³-hybridized carbons (Fsp3) is 0.350. The van der Waals surface area contributed by atoms with E-state index in [1.54, 1.807) is 0 Å². The second-order valence-electron chi connectivity index (χ2n) is 6.21. The first-order chi connectivity index (χ1) is 12.2. The molecule has 1 heterocycles. The zero-order valence-corrected chi connectivity index (χ0v) is 15.7. The van der Waals surface area contributed by atoms with Gasteiger partial charge in [0, 0.05) is 11.0 Å². The van der Waals surface area contributed by atoms with Gasteiger partial charge in [-0.1, -0.05) is 52.3 Å². The third-order valence-corrected chi connectivity index (χ3v) is 4.85. The summed E-state index contributed by atoms with van der Waals surface area (Å²) >= 11 is 3.42. The Hall–Kier alpha value is -1.85. The van der Waals surface area contributed by atoms with Crippen molar-refractivity contribution in [1.82, 2.24) is 10.2 Å². The molecule has 1 aliphatic rings. The summed E-state index contributed by atoms with van der Waals surface area (Å²) in [5.41, 5.74) is 1.25. The summed E-state index contributed by atoms with van der Waals surface area (Å²) in [6.07, 6.45) is 1.99. The van der Waals surface area contributed by atoms with Gasteiger partial charge in [0.2, 0.25) is 5.91 Å². The third kappa shape index (κ3) is 5.31. The number of halogens is 1. The first-order valence-corrected chi connectivity index (χ1v) is 9.46. The number of nitrogens with zero attached hydrogens (tertiary/aromatic N) is 1. The second kappa shape index (κ2) is 9.02. The van der Waals surface area contributed by atoms with E-state index in [1.165, 1.54) is 5.56 Å². The monoisotopic (exact) mass is 402 g/mol. The van der Waals surface area contributed by atoms with Crippen LogP contribution in [0.5, 0.6) is 5.75 Å². The smallest absolute Gasteiger partial charge is 0.237 e. The van der Waals surface area contributed by atoms with Crippen LogP contribution in [0.4, 0.5) is 0 Å². The second-order valence-corrected chi connectivity index (χ2v) is 7.13. The molecular formula is C20H23BrN2O2. The van der Waals surface area contributed by atoms with E-state index >= 15 is 0 Å². The molecule has 4 nitrogen and oxygen atoms in total. The molecule has 0 saturated carbocycles. The van der Waals surface area contributed by atoms with Crippen LogP contribution in [0.1, 0.15) is 18.4 Å². The lowest BCUT2D eigenvalue weighted by Crippen LogP contribution is -2.44. The van der Waals surface area contributed by atoms with Crippen LogP contribution >= 0.6 is 15.9 Å². The Labute approximate surface area is 157 Å². The van der Waals surface area contributed by atoms with E-state index in [9.17, 15) is 4.79 Å². The Morgan fingerprint density at radius 3 is 2.84 bits per heavy atom. The maximum Gasteiger partial charge on any atom is 0.237 e. The summed E-state index contributed by atoms with van der Waals surface area (Å²) in [6, 6.07) is 18.0. The highest BCUT2D eigenvalue weighted by molar-refractivity contribution is 9.10. The third-order valence-electron chi connectivity index (χ3n) is 4.36. The van der Waals surface area contributed by atoms with Crippen molar-refractivity contribution >= 4 is 21.8 Å². The van der Waals surface area contributed by atoms with Crippen LogP contribution < -0.4 is 10.1 Å². The van der Waals surface area contributed by atoms with E-state index in [0.717, 1.165) is 36.2 Å². The van der Waals surface area contributed by atoms with Crippen molar-refractivity contribution in [2.75, 3.05) is 19.7 Å². The lowest BCUT2D eigenvalue weighted by Gasteiger charge is -2.23. The van der Waals surface area contributed by atoms with Crippen molar-refractivity contribution in [2.24, 2.45) is 0 Å². The van der Waals surface area contributed by atoms with Gasteiger partial charge in [-0.25, -0.2) is 0 Å². The molecule has 0 bridgehead atoms. The van der Waals surface area contributed by atoms with Crippen molar-refractivity contribution in [2.45, 2.75) is 25.4 Å². The van der Waals surface area contributed by atoms with Crippen molar-refractivity contribution < 1.29 is 9.53 Å². The Kier molecular flexibility index (Phi) is 6.48. The van der Waals surface area contributed by atoms with Crippen LogP contribution in [-0.2, 0) is 11.3 Å². The maximum absolute atomic E-state index is 12.5. The van der Waals surface area contributed by atoms with Gasteiger partial charge < -0.3 is 10.1 Å². The van der Waals surface area contributed by atoms with Gasteiger partial charge in [0.05, 0.1) is 12.6 Å². The quantitative estimate of drug-likeness (QED) is 0.719. The fourth-order valence-corrected chi connectivity index (χ4v) is 3.53. The van der Waals surface area contributed by atoms with Crippen LogP contribution in [0.15, 0.2) is 59.1 Å². The average Bonchev–Trinajstić information content (AvgIpc) is 3.08. The minimum absolute atomic E-state index is 0.0360. The Bertz CT molecular complexity index is 693. The van der Waals surface area contributed by atoms with Gasteiger partial charge in [-0.15, -0.1) is 0 Å². The molecule has 1 saturated heterocycles.